The zero-order valence-electron chi connectivity index (χ0n) is 28.9. The SMILES string of the molecule is CCCCCCCCCCCCCCCCCC(=O)OOC(=O)C1(CCCCCCCCCCCCCCCC)CCO1. The predicted molar refractivity (Wildman–Crippen MR) is 180 cm³/mol. The second-order valence-corrected chi connectivity index (χ2v) is 13.5. The van der Waals surface area contributed by atoms with Crippen LogP contribution < -0.4 is 0 Å². The summed E-state index contributed by atoms with van der Waals surface area (Å²) in [6.07, 6.45) is 39.2. The van der Waals surface area contributed by atoms with E-state index in [1.54, 1.807) is 0 Å². The van der Waals surface area contributed by atoms with Crippen LogP contribution in [0.2, 0.25) is 0 Å². The Morgan fingerprint density at radius 2 is 0.814 bits per heavy atom. The number of carbonyl (C=O) groups excluding carboxylic acids is 2. The lowest BCUT2D eigenvalue weighted by molar-refractivity contribution is -0.284. The van der Waals surface area contributed by atoms with E-state index >= 15 is 0 Å². The summed E-state index contributed by atoms with van der Waals surface area (Å²) in [4.78, 5) is 34.5. The van der Waals surface area contributed by atoms with E-state index in [1.165, 1.54) is 154 Å². The number of unbranched alkanes of at least 4 members (excludes halogenated alkanes) is 27. The van der Waals surface area contributed by atoms with Crippen LogP contribution in [0.15, 0.2) is 0 Å². The van der Waals surface area contributed by atoms with Gasteiger partial charge in [-0.3, -0.25) is 0 Å². The normalized spacial score (nSPS) is 16.2. The van der Waals surface area contributed by atoms with Crippen LogP contribution in [0.1, 0.15) is 219 Å². The summed E-state index contributed by atoms with van der Waals surface area (Å²) in [6.45, 7) is 5.12. The molecule has 254 valence electrons. The van der Waals surface area contributed by atoms with Crippen molar-refractivity contribution in [2.75, 3.05) is 6.61 Å². The Morgan fingerprint density at radius 3 is 1.14 bits per heavy atom. The van der Waals surface area contributed by atoms with Crippen molar-refractivity contribution in [2.24, 2.45) is 0 Å². The third kappa shape index (κ3) is 23.0. The van der Waals surface area contributed by atoms with Gasteiger partial charge in [-0.25, -0.2) is 19.4 Å². The first-order chi connectivity index (χ1) is 21.1. The highest BCUT2D eigenvalue weighted by Gasteiger charge is 2.48. The van der Waals surface area contributed by atoms with Crippen molar-refractivity contribution in [1.29, 1.82) is 0 Å². The molecule has 0 spiro atoms. The summed E-state index contributed by atoms with van der Waals surface area (Å²) in [7, 11) is 0. The van der Waals surface area contributed by atoms with Gasteiger partial charge < -0.3 is 4.74 Å². The molecule has 1 rings (SSSR count). The Kier molecular flexibility index (Phi) is 27.5. The van der Waals surface area contributed by atoms with Crippen LogP contribution in [0.5, 0.6) is 0 Å². The molecule has 0 amide bonds. The van der Waals surface area contributed by atoms with E-state index in [1.807, 2.05) is 0 Å². The average molecular weight is 609 g/mol. The van der Waals surface area contributed by atoms with Crippen molar-refractivity contribution in [2.45, 2.75) is 225 Å². The number of rotatable bonds is 32. The number of hydrogen-bond acceptors (Lipinski definition) is 5. The predicted octanol–water partition coefficient (Wildman–Crippen LogP) is 12.3. The Bertz CT molecular complexity index is 630. The zero-order chi connectivity index (χ0) is 31.1. The van der Waals surface area contributed by atoms with Gasteiger partial charge in [-0.2, -0.15) is 0 Å². The molecule has 1 atom stereocenters. The fourth-order valence-corrected chi connectivity index (χ4v) is 6.26. The first kappa shape index (κ1) is 39.9. The van der Waals surface area contributed by atoms with Gasteiger partial charge in [0.25, 0.3) is 0 Å². The average Bonchev–Trinajstić information content (AvgIpc) is 2.99. The Balaban J connectivity index is 1.91. The molecule has 0 aromatic carbocycles. The third-order valence-corrected chi connectivity index (χ3v) is 9.39. The van der Waals surface area contributed by atoms with E-state index in [0.717, 1.165) is 32.1 Å². The van der Waals surface area contributed by atoms with Gasteiger partial charge in [-0.05, 0) is 19.3 Å². The maximum absolute atomic E-state index is 12.6. The fraction of sp³-hybridized carbons (Fsp3) is 0.947. The smallest absolute Gasteiger partial charge is 0.363 e. The Hall–Kier alpha value is -1.10. The molecule has 0 aliphatic carbocycles. The molecule has 1 aliphatic heterocycles. The van der Waals surface area contributed by atoms with Gasteiger partial charge in [0, 0.05) is 6.42 Å². The fourth-order valence-electron chi connectivity index (χ4n) is 6.26. The van der Waals surface area contributed by atoms with E-state index in [-0.39, 0.29) is 0 Å². The molecule has 1 saturated heterocycles. The quantitative estimate of drug-likeness (QED) is 0.0432. The first-order valence-electron chi connectivity index (χ1n) is 19.2. The molecule has 0 bridgehead atoms. The van der Waals surface area contributed by atoms with Crippen molar-refractivity contribution in [3.05, 3.63) is 0 Å². The van der Waals surface area contributed by atoms with Gasteiger partial charge in [0.1, 0.15) is 0 Å². The zero-order valence-corrected chi connectivity index (χ0v) is 28.9. The van der Waals surface area contributed by atoms with E-state index in [0.29, 0.717) is 25.9 Å². The van der Waals surface area contributed by atoms with Crippen LogP contribution in [-0.4, -0.2) is 24.1 Å². The van der Waals surface area contributed by atoms with Crippen LogP contribution >= 0.6 is 0 Å². The van der Waals surface area contributed by atoms with Crippen molar-refractivity contribution >= 4 is 11.9 Å². The van der Waals surface area contributed by atoms with Gasteiger partial charge in [0.2, 0.25) is 0 Å². The minimum absolute atomic E-state index is 0.304. The summed E-state index contributed by atoms with van der Waals surface area (Å²) < 4.78 is 5.65. The minimum Gasteiger partial charge on any atom is -0.363 e. The van der Waals surface area contributed by atoms with Gasteiger partial charge in [-0.1, -0.05) is 187 Å². The van der Waals surface area contributed by atoms with Crippen LogP contribution in [0, 0.1) is 0 Å². The molecule has 43 heavy (non-hydrogen) atoms. The molecule has 0 aromatic rings. The highest BCUT2D eigenvalue weighted by molar-refractivity contribution is 5.81. The molecule has 1 aliphatic rings. The van der Waals surface area contributed by atoms with Crippen molar-refractivity contribution in [1.82, 2.24) is 0 Å². The molecule has 0 saturated carbocycles. The van der Waals surface area contributed by atoms with Crippen LogP contribution in [0.3, 0.4) is 0 Å². The lowest BCUT2D eigenvalue weighted by Crippen LogP contribution is -2.51. The maximum atomic E-state index is 12.6. The van der Waals surface area contributed by atoms with Gasteiger partial charge in [0.15, 0.2) is 5.60 Å². The van der Waals surface area contributed by atoms with Crippen LogP contribution in [0.25, 0.3) is 0 Å². The second-order valence-electron chi connectivity index (χ2n) is 13.5. The molecule has 5 nitrogen and oxygen atoms in total. The second kappa shape index (κ2) is 29.6. The molecule has 0 aromatic heterocycles. The number of ether oxygens (including phenoxy) is 1. The number of hydrogen-bond donors (Lipinski definition) is 0. The van der Waals surface area contributed by atoms with Gasteiger partial charge in [0.05, 0.1) is 13.0 Å². The first-order valence-corrected chi connectivity index (χ1v) is 19.2. The third-order valence-electron chi connectivity index (χ3n) is 9.39. The van der Waals surface area contributed by atoms with Crippen molar-refractivity contribution < 1.29 is 24.1 Å². The summed E-state index contributed by atoms with van der Waals surface area (Å²) in [5.41, 5.74) is -0.897. The summed E-state index contributed by atoms with van der Waals surface area (Å²) in [5, 5.41) is 0. The molecule has 0 N–H and O–H groups in total. The Morgan fingerprint density at radius 1 is 0.488 bits per heavy atom. The number of carbonyl (C=O) groups is 2. The van der Waals surface area contributed by atoms with Gasteiger partial charge in [-0.15, -0.1) is 0 Å². The van der Waals surface area contributed by atoms with E-state index in [2.05, 4.69) is 13.8 Å². The molecule has 5 heteroatoms. The Labute approximate surface area is 267 Å². The van der Waals surface area contributed by atoms with E-state index < -0.39 is 17.5 Å². The topological polar surface area (TPSA) is 61.8 Å². The lowest BCUT2D eigenvalue weighted by atomic mass is 9.88. The van der Waals surface area contributed by atoms with E-state index in [4.69, 9.17) is 14.5 Å². The molecular formula is C38H72O5. The molecule has 0 radical (unpaired) electrons. The summed E-state index contributed by atoms with van der Waals surface area (Å²) >= 11 is 0. The summed E-state index contributed by atoms with van der Waals surface area (Å²) in [6, 6.07) is 0. The highest BCUT2D eigenvalue weighted by Crippen LogP contribution is 2.34. The molecular weight excluding hydrogens is 536 g/mol. The molecule has 1 unspecified atom stereocenters. The minimum atomic E-state index is -0.897. The highest BCUT2D eigenvalue weighted by atomic mass is 17.2. The molecule has 1 fully saturated rings. The summed E-state index contributed by atoms with van der Waals surface area (Å²) in [5.74, 6) is -0.979. The van der Waals surface area contributed by atoms with Crippen LogP contribution in [-0.2, 0) is 24.1 Å². The standard InChI is InChI=1S/C38H72O5/c1-3-5-7-9-11-13-15-17-19-20-22-24-26-28-30-32-36(39)42-43-37(40)38(34-35-41-38)33-31-29-27-25-23-21-18-16-14-12-10-8-6-4-2/h3-35H2,1-2H3. The molecule has 1 heterocycles. The lowest BCUT2D eigenvalue weighted by Gasteiger charge is -2.38. The monoisotopic (exact) mass is 609 g/mol. The van der Waals surface area contributed by atoms with Crippen molar-refractivity contribution in [3.63, 3.8) is 0 Å². The largest absolute Gasteiger partial charge is 0.387 e. The maximum Gasteiger partial charge on any atom is 0.387 e. The van der Waals surface area contributed by atoms with Gasteiger partial charge >= 0.3 is 11.9 Å². The van der Waals surface area contributed by atoms with E-state index in [9.17, 15) is 9.59 Å². The van der Waals surface area contributed by atoms with Crippen molar-refractivity contribution in [3.8, 4) is 0 Å². The van der Waals surface area contributed by atoms with Crippen LogP contribution in [0.4, 0.5) is 0 Å².